The summed E-state index contributed by atoms with van der Waals surface area (Å²) in [7, 11) is 0. The van der Waals surface area contributed by atoms with E-state index >= 15 is 0 Å². The van der Waals surface area contributed by atoms with Gasteiger partial charge in [0.1, 0.15) is 0 Å². The van der Waals surface area contributed by atoms with Gasteiger partial charge in [0.25, 0.3) is 0 Å². The fourth-order valence-corrected chi connectivity index (χ4v) is 1.83. The molecule has 0 fully saturated rings. The van der Waals surface area contributed by atoms with Crippen molar-refractivity contribution in [3.8, 4) is 0 Å². The Labute approximate surface area is 80.2 Å². The molecule has 0 unspecified atom stereocenters. The normalized spacial score (nSPS) is 12.0. The second-order valence-corrected chi connectivity index (χ2v) is 4.72. The number of hydrogen-bond acceptors (Lipinski definition) is 0. The summed E-state index contributed by atoms with van der Waals surface area (Å²) in [5.41, 5.74) is 0.600. The van der Waals surface area contributed by atoms with Crippen molar-refractivity contribution >= 4 is 0 Å². The van der Waals surface area contributed by atoms with E-state index in [2.05, 4.69) is 27.7 Å². The largest absolute Gasteiger partial charge is 0.0654 e. The van der Waals surface area contributed by atoms with Crippen LogP contribution < -0.4 is 0 Å². The van der Waals surface area contributed by atoms with E-state index in [-0.39, 0.29) is 1.43 Å². The zero-order chi connectivity index (χ0) is 9.45. The van der Waals surface area contributed by atoms with Gasteiger partial charge in [-0.15, -0.1) is 0 Å². The summed E-state index contributed by atoms with van der Waals surface area (Å²) < 4.78 is 0. The van der Waals surface area contributed by atoms with Crippen LogP contribution >= 0.6 is 0 Å². The third-order valence-corrected chi connectivity index (χ3v) is 2.63. The first kappa shape index (κ1) is 12.0. The highest BCUT2D eigenvalue weighted by atomic mass is 14.2. The van der Waals surface area contributed by atoms with Crippen LogP contribution in [0.4, 0.5) is 0 Å². The molecule has 0 atom stereocenters. The maximum absolute atomic E-state index is 2.41. The van der Waals surface area contributed by atoms with Crippen molar-refractivity contribution < 1.29 is 1.43 Å². The van der Waals surface area contributed by atoms with Crippen LogP contribution in [0.25, 0.3) is 0 Å². The second kappa shape index (κ2) is 6.51. The number of rotatable bonds is 7. The molecule has 0 amide bonds. The lowest BCUT2D eigenvalue weighted by Crippen LogP contribution is -2.10. The van der Waals surface area contributed by atoms with Crippen molar-refractivity contribution in [1.29, 1.82) is 0 Å². The Hall–Kier alpha value is 0. The fourth-order valence-electron chi connectivity index (χ4n) is 1.83. The van der Waals surface area contributed by atoms with E-state index in [1.54, 1.807) is 0 Å². The molecule has 0 aliphatic rings. The molecule has 0 N–H and O–H groups in total. The summed E-state index contributed by atoms with van der Waals surface area (Å²) in [5, 5.41) is 0. The SMILES string of the molecule is CCCCCCC(C)(C)CCC.[HH]. The van der Waals surface area contributed by atoms with Gasteiger partial charge in [0.05, 0.1) is 0 Å². The second-order valence-electron chi connectivity index (χ2n) is 4.72. The Morgan fingerprint density at radius 1 is 0.833 bits per heavy atom. The minimum atomic E-state index is 0. The van der Waals surface area contributed by atoms with E-state index in [9.17, 15) is 0 Å². The minimum absolute atomic E-state index is 0. The van der Waals surface area contributed by atoms with Gasteiger partial charge in [0.2, 0.25) is 0 Å². The Morgan fingerprint density at radius 3 is 2.00 bits per heavy atom. The average Bonchev–Trinajstić information content (AvgIpc) is 1.98. The smallest absolute Gasteiger partial charge is 0 e. The topological polar surface area (TPSA) is 0 Å². The molecule has 0 rings (SSSR count). The third kappa shape index (κ3) is 6.69. The van der Waals surface area contributed by atoms with Gasteiger partial charge in [-0.1, -0.05) is 59.8 Å². The highest BCUT2D eigenvalue weighted by Crippen LogP contribution is 2.28. The van der Waals surface area contributed by atoms with Crippen LogP contribution in [0.2, 0.25) is 0 Å². The summed E-state index contributed by atoms with van der Waals surface area (Å²) in [6.45, 7) is 9.37. The predicted octanol–water partition coefficient (Wildman–Crippen LogP) is 5.03. The third-order valence-electron chi connectivity index (χ3n) is 2.63. The zero-order valence-electron chi connectivity index (χ0n) is 9.45. The van der Waals surface area contributed by atoms with Gasteiger partial charge in [0, 0.05) is 1.43 Å². The quantitative estimate of drug-likeness (QED) is 0.472. The molecule has 0 bridgehead atoms. The van der Waals surface area contributed by atoms with Gasteiger partial charge < -0.3 is 0 Å². The lowest BCUT2D eigenvalue weighted by molar-refractivity contribution is 0.291. The van der Waals surface area contributed by atoms with Gasteiger partial charge >= 0.3 is 0 Å². The van der Waals surface area contributed by atoms with Crippen LogP contribution in [0.5, 0.6) is 0 Å². The van der Waals surface area contributed by atoms with Gasteiger partial charge in [-0.05, 0) is 18.3 Å². The first-order valence-corrected chi connectivity index (χ1v) is 5.62. The summed E-state index contributed by atoms with van der Waals surface area (Å²) in [6, 6.07) is 0. The Bertz CT molecular complexity index is 97.3. The molecule has 0 aliphatic carbocycles. The van der Waals surface area contributed by atoms with Crippen LogP contribution in [0, 0.1) is 5.41 Å². The van der Waals surface area contributed by atoms with Crippen molar-refractivity contribution in [2.45, 2.75) is 72.6 Å². The van der Waals surface area contributed by atoms with Crippen LogP contribution in [-0.2, 0) is 0 Å². The first-order valence-electron chi connectivity index (χ1n) is 5.62. The Balaban J connectivity index is 0. The molecule has 0 spiro atoms. The van der Waals surface area contributed by atoms with Gasteiger partial charge in [-0.2, -0.15) is 0 Å². The molecule has 0 saturated carbocycles. The maximum atomic E-state index is 2.41. The molecule has 0 aromatic carbocycles. The molecule has 0 heteroatoms. The molecule has 0 aliphatic heterocycles. The average molecular weight is 172 g/mol. The van der Waals surface area contributed by atoms with Crippen LogP contribution in [0.1, 0.15) is 74.1 Å². The number of hydrogen-bond donors (Lipinski definition) is 0. The Kier molecular flexibility index (Phi) is 6.51. The lowest BCUT2D eigenvalue weighted by Gasteiger charge is -2.23. The zero-order valence-corrected chi connectivity index (χ0v) is 9.45. The van der Waals surface area contributed by atoms with E-state index in [1.165, 1.54) is 44.9 Å². The van der Waals surface area contributed by atoms with Crippen LogP contribution in [0.15, 0.2) is 0 Å². The lowest BCUT2D eigenvalue weighted by atomic mass is 9.83. The van der Waals surface area contributed by atoms with Crippen LogP contribution in [-0.4, -0.2) is 0 Å². The van der Waals surface area contributed by atoms with Crippen molar-refractivity contribution in [2.75, 3.05) is 0 Å². The highest BCUT2D eigenvalue weighted by molar-refractivity contribution is 4.67. The molecule has 12 heavy (non-hydrogen) atoms. The van der Waals surface area contributed by atoms with Gasteiger partial charge in [-0.3, -0.25) is 0 Å². The van der Waals surface area contributed by atoms with Crippen molar-refractivity contribution in [3.63, 3.8) is 0 Å². The predicted molar refractivity (Wildman–Crippen MR) is 59.6 cm³/mol. The first-order chi connectivity index (χ1) is 5.62. The Morgan fingerprint density at radius 2 is 1.50 bits per heavy atom. The minimum Gasteiger partial charge on any atom is -0.0654 e. The van der Waals surface area contributed by atoms with Crippen molar-refractivity contribution in [1.82, 2.24) is 0 Å². The molecule has 0 nitrogen and oxygen atoms in total. The van der Waals surface area contributed by atoms with E-state index in [1.807, 2.05) is 0 Å². The standard InChI is InChI=1S/C12H26.H2/c1-5-7-8-9-11-12(3,4)10-6-2;/h5-11H2,1-4H3;1H. The molecular formula is C12H28. The molecular weight excluding hydrogens is 144 g/mol. The van der Waals surface area contributed by atoms with Crippen LogP contribution in [0.3, 0.4) is 0 Å². The van der Waals surface area contributed by atoms with Crippen molar-refractivity contribution in [2.24, 2.45) is 5.41 Å². The van der Waals surface area contributed by atoms with E-state index in [4.69, 9.17) is 0 Å². The molecule has 0 heterocycles. The monoisotopic (exact) mass is 172 g/mol. The summed E-state index contributed by atoms with van der Waals surface area (Å²) >= 11 is 0. The molecule has 0 aromatic rings. The summed E-state index contributed by atoms with van der Waals surface area (Å²) in [6.07, 6.45) is 9.78. The molecule has 0 aromatic heterocycles. The number of unbranched alkanes of at least 4 members (excludes halogenated alkanes) is 3. The van der Waals surface area contributed by atoms with Gasteiger partial charge in [0.15, 0.2) is 0 Å². The summed E-state index contributed by atoms with van der Waals surface area (Å²) in [4.78, 5) is 0. The molecule has 0 saturated heterocycles. The highest BCUT2D eigenvalue weighted by Gasteiger charge is 2.15. The fraction of sp³-hybridized carbons (Fsp3) is 1.00. The molecule has 0 radical (unpaired) electrons. The molecule has 76 valence electrons. The van der Waals surface area contributed by atoms with E-state index in [0.717, 1.165) is 0 Å². The van der Waals surface area contributed by atoms with E-state index < -0.39 is 0 Å². The van der Waals surface area contributed by atoms with Crippen molar-refractivity contribution in [3.05, 3.63) is 0 Å². The summed E-state index contributed by atoms with van der Waals surface area (Å²) in [5.74, 6) is 0. The maximum Gasteiger partial charge on any atom is 0 e. The van der Waals surface area contributed by atoms with E-state index in [0.29, 0.717) is 5.41 Å². The van der Waals surface area contributed by atoms with Gasteiger partial charge in [-0.25, -0.2) is 0 Å².